The lowest BCUT2D eigenvalue weighted by Gasteiger charge is -2.21. The molecule has 1 saturated heterocycles. The molecule has 3 aromatic carbocycles. The molecule has 0 spiro atoms. The third-order valence-electron chi connectivity index (χ3n) is 4.67. The summed E-state index contributed by atoms with van der Waals surface area (Å²) >= 11 is 0. The van der Waals surface area contributed by atoms with Crippen LogP contribution in [-0.2, 0) is 0 Å². The first-order valence-electron chi connectivity index (χ1n) is 9.28. The van der Waals surface area contributed by atoms with Gasteiger partial charge in [0.25, 0.3) is 5.91 Å². The number of hydrogen-bond donors (Lipinski definition) is 1. The molecule has 27 heavy (non-hydrogen) atoms. The quantitative estimate of drug-likeness (QED) is 0.670. The molecule has 1 aliphatic heterocycles. The van der Waals surface area contributed by atoms with E-state index in [0.29, 0.717) is 11.3 Å². The van der Waals surface area contributed by atoms with Crippen molar-refractivity contribution in [3.63, 3.8) is 0 Å². The van der Waals surface area contributed by atoms with Gasteiger partial charge in [-0.25, -0.2) is 0 Å². The third-order valence-corrected chi connectivity index (χ3v) is 4.67. The Bertz CT molecular complexity index is 918. The Morgan fingerprint density at radius 3 is 2.33 bits per heavy atom. The number of amides is 1. The van der Waals surface area contributed by atoms with E-state index in [1.165, 1.54) is 12.8 Å². The zero-order valence-corrected chi connectivity index (χ0v) is 15.1. The minimum atomic E-state index is -0.139. The summed E-state index contributed by atoms with van der Waals surface area (Å²) in [6, 6.07) is 24.8. The highest BCUT2D eigenvalue weighted by Crippen LogP contribution is 2.29. The van der Waals surface area contributed by atoms with E-state index < -0.39 is 0 Å². The van der Waals surface area contributed by atoms with Crippen molar-refractivity contribution in [2.75, 3.05) is 23.3 Å². The third kappa shape index (κ3) is 4.11. The lowest BCUT2D eigenvalue weighted by atomic mass is 10.2. The fourth-order valence-electron chi connectivity index (χ4n) is 3.33. The van der Waals surface area contributed by atoms with Gasteiger partial charge in [-0.1, -0.05) is 36.4 Å². The van der Waals surface area contributed by atoms with E-state index in [9.17, 15) is 4.79 Å². The number of nitrogens with one attached hydrogen (secondary N) is 1. The molecule has 4 rings (SSSR count). The second-order valence-electron chi connectivity index (χ2n) is 6.61. The van der Waals surface area contributed by atoms with E-state index in [4.69, 9.17) is 4.74 Å². The van der Waals surface area contributed by atoms with Crippen LogP contribution in [0.3, 0.4) is 0 Å². The maximum atomic E-state index is 12.8. The van der Waals surface area contributed by atoms with Gasteiger partial charge in [0.1, 0.15) is 11.5 Å². The van der Waals surface area contributed by atoms with Crippen molar-refractivity contribution in [2.24, 2.45) is 0 Å². The van der Waals surface area contributed by atoms with Gasteiger partial charge in [0.15, 0.2) is 0 Å². The Labute approximate surface area is 159 Å². The molecule has 1 amide bonds. The van der Waals surface area contributed by atoms with Crippen molar-refractivity contribution in [2.45, 2.75) is 12.8 Å². The summed E-state index contributed by atoms with van der Waals surface area (Å²) in [4.78, 5) is 15.1. The van der Waals surface area contributed by atoms with Gasteiger partial charge in [0.05, 0.1) is 11.4 Å². The number of benzene rings is 3. The van der Waals surface area contributed by atoms with Crippen LogP contribution < -0.4 is 15.0 Å². The maximum absolute atomic E-state index is 12.8. The molecule has 3 aromatic rings. The Morgan fingerprint density at radius 2 is 1.52 bits per heavy atom. The Morgan fingerprint density at radius 1 is 0.815 bits per heavy atom. The average Bonchev–Trinajstić information content (AvgIpc) is 3.24. The molecule has 1 heterocycles. The Kier molecular flexibility index (Phi) is 5.06. The molecule has 0 unspecified atom stereocenters. The molecule has 1 N–H and O–H groups in total. The van der Waals surface area contributed by atoms with E-state index in [-0.39, 0.29) is 5.91 Å². The zero-order chi connectivity index (χ0) is 18.5. The number of ether oxygens (including phenoxy) is 1. The monoisotopic (exact) mass is 358 g/mol. The lowest BCUT2D eigenvalue weighted by molar-refractivity contribution is 0.102. The minimum Gasteiger partial charge on any atom is -0.457 e. The summed E-state index contributed by atoms with van der Waals surface area (Å²) in [5.74, 6) is 1.25. The predicted octanol–water partition coefficient (Wildman–Crippen LogP) is 5.33. The highest BCUT2D eigenvalue weighted by Gasteiger charge is 2.17. The summed E-state index contributed by atoms with van der Waals surface area (Å²) in [7, 11) is 0. The number of carbonyl (C=O) groups is 1. The van der Waals surface area contributed by atoms with Gasteiger partial charge in [-0.3, -0.25) is 4.79 Å². The molecule has 1 fully saturated rings. The van der Waals surface area contributed by atoms with Crippen LogP contribution in [0.2, 0.25) is 0 Å². The van der Waals surface area contributed by atoms with Gasteiger partial charge in [-0.05, 0) is 55.3 Å². The van der Waals surface area contributed by atoms with E-state index >= 15 is 0 Å². The van der Waals surface area contributed by atoms with Crippen LogP contribution in [0.1, 0.15) is 23.2 Å². The van der Waals surface area contributed by atoms with Crippen molar-refractivity contribution in [3.05, 3.63) is 84.4 Å². The molecular weight excluding hydrogens is 336 g/mol. The lowest BCUT2D eigenvalue weighted by Crippen LogP contribution is -2.21. The fourth-order valence-corrected chi connectivity index (χ4v) is 3.33. The molecule has 0 aromatic heterocycles. The number of anilines is 2. The van der Waals surface area contributed by atoms with Gasteiger partial charge in [-0.2, -0.15) is 0 Å². The van der Waals surface area contributed by atoms with E-state index in [1.807, 2.05) is 60.7 Å². The molecule has 0 aliphatic carbocycles. The fraction of sp³-hybridized carbons (Fsp3) is 0.174. The van der Waals surface area contributed by atoms with Crippen LogP contribution in [0.25, 0.3) is 0 Å². The van der Waals surface area contributed by atoms with Crippen LogP contribution in [-0.4, -0.2) is 19.0 Å². The first kappa shape index (κ1) is 17.2. The van der Waals surface area contributed by atoms with Crippen molar-refractivity contribution < 1.29 is 9.53 Å². The largest absolute Gasteiger partial charge is 0.457 e. The van der Waals surface area contributed by atoms with Crippen LogP contribution >= 0.6 is 0 Å². The van der Waals surface area contributed by atoms with Crippen LogP contribution in [0, 0.1) is 0 Å². The summed E-state index contributed by atoms with van der Waals surface area (Å²) < 4.78 is 5.84. The van der Waals surface area contributed by atoms with Crippen molar-refractivity contribution in [1.29, 1.82) is 0 Å². The van der Waals surface area contributed by atoms with Crippen LogP contribution in [0.4, 0.5) is 11.4 Å². The zero-order valence-electron chi connectivity index (χ0n) is 15.1. The number of hydrogen-bond acceptors (Lipinski definition) is 3. The SMILES string of the molecule is O=C(Nc1ccccc1N1CCCC1)c1cccc(Oc2ccccc2)c1. The van der Waals surface area contributed by atoms with Gasteiger partial charge < -0.3 is 15.0 Å². The standard InChI is InChI=1S/C23H22N2O2/c26-23(24-21-13-4-5-14-22(21)25-15-6-7-16-25)18-9-8-12-20(17-18)27-19-10-2-1-3-11-19/h1-5,8-14,17H,6-7,15-16H2,(H,24,26). The minimum absolute atomic E-state index is 0.139. The molecular formula is C23H22N2O2. The highest BCUT2D eigenvalue weighted by molar-refractivity contribution is 6.06. The average molecular weight is 358 g/mol. The predicted molar refractivity (Wildman–Crippen MR) is 109 cm³/mol. The van der Waals surface area contributed by atoms with Crippen molar-refractivity contribution in [1.82, 2.24) is 0 Å². The van der Waals surface area contributed by atoms with Crippen LogP contribution in [0.15, 0.2) is 78.9 Å². The first-order chi connectivity index (χ1) is 13.3. The normalized spacial score (nSPS) is 13.4. The second kappa shape index (κ2) is 7.96. The molecule has 1 aliphatic rings. The molecule has 4 nitrogen and oxygen atoms in total. The molecule has 0 radical (unpaired) electrons. The van der Waals surface area contributed by atoms with Gasteiger partial charge in [-0.15, -0.1) is 0 Å². The summed E-state index contributed by atoms with van der Waals surface area (Å²) in [5, 5.41) is 3.06. The Hall–Kier alpha value is -3.27. The Balaban J connectivity index is 1.51. The van der Waals surface area contributed by atoms with Gasteiger partial charge >= 0.3 is 0 Å². The number of para-hydroxylation sites is 3. The first-order valence-corrected chi connectivity index (χ1v) is 9.28. The second-order valence-corrected chi connectivity index (χ2v) is 6.61. The molecule has 0 saturated carbocycles. The van der Waals surface area contributed by atoms with E-state index in [2.05, 4.69) is 16.3 Å². The maximum Gasteiger partial charge on any atom is 0.255 e. The molecule has 0 atom stereocenters. The topological polar surface area (TPSA) is 41.6 Å². The summed E-state index contributed by atoms with van der Waals surface area (Å²) in [6.07, 6.45) is 2.39. The van der Waals surface area contributed by atoms with Gasteiger partial charge in [0, 0.05) is 18.7 Å². The number of carbonyl (C=O) groups excluding carboxylic acids is 1. The molecule has 0 bridgehead atoms. The van der Waals surface area contributed by atoms with E-state index in [0.717, 1.165) is 30.2 Å². The van der Waals surface area contributed by atoms with E-state index in [1.54, 1.807) is 12.1 Å². The molecule has 136 valence electrons. The highest BCUT2D eigenvalue weighted by atomic mass is 16.5. The number of nitrogens with zero attached hydrogens (tertiary/aromatic N) is 1. The smallest absolute Gasteiger partial charge is 0.255 e. The van der Waals surface area contributed by atoms with Crippen molar-refractivity contribution in [3.8, 4) is 11.5 Å². The summed E-state index contributed by atoms with van der Waals surface area (Å²) in [6.45, 7) is 2.07. The summed E-state index contributed by atoms with van der Waals surface area (Å²) in [5.41, 5.74) is 2.50. The number of rotatable bonds is 5. The molecule has 4 heteroatoms. The van der Waals surface area contributed by atoms with Crippen molar-refractivity contribution >= 4 is 17.3 Å². The van der Waals surface area contributed by atoms with Crippen LogP contribution in [0.5, 0.6) is 11.5 Å². The van der Waals surface area contributed by atoms with Gasteiger partial charge in [0.2, 0.25) is 0 Å².